The fourth-order valence-electron chi connectivity index (χ4n) is 3.39. The molecule has 1 aliphatic rings. The van der Waals surface area contributed by atoms with E-state index in [1.54, 1.807) is 25.1 Å². The molecule has 4 nitrogen and oxygen atoms in total. The summed E-state index contributed by atoms with van der Waals surface area (Å²) in [7, 11) is 3.54. The van der Waals surface area contributed by atoms with Gasteiger partial charge in [0.25, 0.3) is 5.91 Å². The van der Waals surface area contributed by atoms with Crippen LogP contribution in [-0.4, -0.2) is 30.9 Å². The molecule has 1 aliphatic carbocycles. The summed E-state index contributed by atoms with van der Waals surface area (Å²) in [4.78, 5) is 13.9. The molecule has 21 heavy (non-hydrogen) atoms. The van der Waals surface area contributed by atoms with E-state index in [1.807, 2.05) is 12.1 Å². The highest BCUT2D eigenvalue weighted by Crippen LogP contribution is 2.32. The number of nitrogens with one attached hydrogen (secondary N) is 1. The van der Waals surface area contributed by atoms with Gasteiger partial charge in [0.2, 0.25) is 0 Å². The van der Waals surface area contributed by atoms with Gasteiger partial charge in [-0.15, -0.1) is 0 Å². The highest BCUT2D eigenvalue weighted by atomic mass is 16.2. The molecule has 0 aliphatic heterocycles. The first-order valence-corrected chi connectivity index (χ1v) is 7.74. The minimum Gasteiger partial charge on any atom is -0.399 e. The minimum absolute atomic E-state index is 0.00871. The van der Waals surface area contributed by atoms with Crippen LogP contribution in [0.25, 0.3) is 0 Å². The number of nitrogens with two attached hydrogens (primary N) is 1. The van der Waals surface area contributed by atoms with Gasteiger partial charge in [-0.1, -0.05) is 13.8 Å². The van der Waals surface area contributed by atoms with Crippen molar-refractivity contribution in [3.63, 3.8) is 0 Å². The summed E-state index contributed by atoms with van der Waals surface area (Å²) in [5.41, 5.74) is 8.14. The Kier molecular flexibility index (Phi) is 4.76. The number of carbonyl (C=O) groups is 1. The SMILES string of the molecule is CC1CC(C)CC(Nc2cc(N)ccc2C(=O)N(C)C)C1. The quantitative estimate of drug-likeness (QED) is 0.840. The monoisotopic (exact) mass is 289 g/mol. The zero-order valence-electron chi connectivity index (χ0n) is 13.5. The first kappa shape index (κ1) is 15.7. The van der Waals surface area contributed by atoms with Crippen LogP contribution in [0, 0.1) is 11.8 Å². The van der Waals surface area contributed by atoms with Crippen LogP contribution in [0.15, 0.2) is 18.2 Å². The van der Waals surface area contributed by atoms with Crippen LogP contribution < -0.4 is 11.1 Å². The molecule has 0 bridgehead atoms. The van der Waals surface area contributed by atoms with Gasteiger partial charge in [-0.25, -0.2) is 0 Å². The molecule has 1 aromatic carbocycles. The second kappa shape index (κ2) is 6.37. The van der Waals surface area contributed by atoms with E-state index in [4.69, 9.17) is 5.73 Å². The number of nitrogens with zero attached hydrogens (tertiary/aromatic N) is 1. The molecular weight excluding hydrogens is 262 g/mol. The van der Waals surface area contributed by atoms with Crippen LogP contribution in [0.4, 0.5) is 11.4 Å². The zero-order valence-corrected chi connectivity index (χ0v) is 13.5. The normalized spacial score (nSPS) is 25.4. The molecule has 2 rings (SSSR count). The van der Waals surface area contributed by atoms with E-state index in [1.165, 1.54) is 6.42 Å². The Morgan fingerprint density at radius 2 is 1.81 bits per heavy atom. The van der Waals surface area contributed by atoms with Crippen molar-refractivity contribution in [3.8, 4) is 0 Å². The largest absolute Gasteiger partial charge is 0.399 e. The van der Waals surface area contributed by atoms with Crippen LogP contribution in [0.5, 0.6) is 0 Å². The number of amides is 1. The van der Waals surface area contributed by atoms with Crippen molar-refractivity contribution < 1.29 is 4.79 Å². The van der Waals surface area contributed by atoms with Gasteiger partial charge in [0.05, 0.1) is 5.56 Å². The van der Waals surface area contributed by atoms with Crippen molar-refractivity contribution in [2.45, 2.75) is 39.2 Å². The molecule has 1 fully saturated rings. The van der Waals surface area contributed by atoms with Crippen LogP contribution in [0.2, 0.25) is 0 Å². The van der Waals surface area contributed by atoms with Gasteiger partial charge in [0, 0.05) is 31.5 Å². The predicted octanol–water partition coefficient (Wildman–Crippen LogP) is 3.21. The van der Waals surface area contributed by atoms with Crippen LogP contribution in [0.1, 0.15) is 43.5 Å². The molecule has 0 spiro atoms. The van der Waals surface area contributed by atoms with Crippen LogP contribution in [-0.2, 0) is 0 Å². The van der Waals surface area contributed by atoms with Gasteiger partial charge in [0.15, 0.2) is 0 Å². The lowest BCUT2D eigenvalue weighted by Gasteiger charge is -2.33. The van der Waals surface area contributed by atoms with Crippen molar-refractivity contribution in [1.29, 1.82) is 0 Å². The second-order valence-electron chi connectivity index (χ2n) is 6.76. The lowest BCUT2D eigenvalue weighted by Crippen LogP contribution is -2.31. The summed E-state index contributed by atoms with van der Waals surface area (Å²) in [5, 5.41) is 3.56. The molecule has 2 unspecified atom stereocenters. The maximum Gasteiger partial charge on any atom is 0.255 e. The Morgan fingerprint density at radius 1 is 1.19 bits per heavy atom. The highest BCUT2D eigenvalue weighted by molar-refractivity contribution is 6.00. The summed E-state index contributed by atoms with van der Waals surface area (Å²) in [6.07, 6.45) is 3.59. The van der Waals surface area contributed by atoms with Gasteiger partial charge in [-0.3, -0.25) is 4.79 Å². The van der Waals surface area contributed by atoms with E-state index in [0.717, 1.165) is 30.4 Å². The van der Waals surface area contributed by atoms with E-state index >= 15 is 0 Å². The fraction of sp³-hybridized carbons (Fsp3) is 0.588. The van der Waals surface area contributed by atoms with Gasteiger partial charge >= 0.3 is 0 Å². The number of hydrogen-bond acceptors (Lipinski definition) is 3. The maximum atomic E-state index is 12.3. The lowest BCUT2D eigenvalue weighted by molar-refractivity contribution is 0.0828. The standard InChI is InChI=1S/C17H27N3O/c1-11-7-12(2)9-14(8-11)19-16-10-13(18)5-6-15(16)17(21)20(3)4/h5-6,10-12,14,19H,7-9,18H2,1-4H3. The number of hydrogen-bond donors (Lipinski definition) is 2. The van der Waals surface area contributed by atoms with Crippen molar-refractivity contribution in [1.82, 2.24) is 4.90 Å². The molecule has 0 heterocycles. The summed E-state index contributed by atoms with van der Waals surface area (Å²) in [5.74, 6) is 1.45. The number of nitrogen functional groups attached to an aromatic ring is 1. The molecule has 1 saturated carbocycles. The number of benzene rings is 1. The molecular formula is C17H27N3O. The smallest absolute Gasteiger partial charge is 0.255 e. The van der Waals surface area contributed by atoms with Crippen LogP contribution >= 0.6 is 0 Å². The first-order valence-electron chi connectivity index (χ1n) is 7.74. The Bertz CT molecular complexity index is 503. The van der Waals surface area contributed by atoms with E-state index in [0.29, 0.717) is 17.3 Å². The van der Waals surface area contributed by atoms with E-state index in [2.05, 4.69) is 19.2 Å². The van der Waals surface area contributed by atoms with Crippen LogP contribution in [0.3, 0.4) is 0 Å². The number of rotatable bonds is 3. The van der Waals surface area contributed by atoms with Crippen molar-refractivity contribution in [2.24, 2.45) is 11.8 Å². The average molecular weight is 289 g/mol. The van der Waals surface area contributed by atoms with Crippen molar-refractivity contribution in [2.75, 3.05) is 25.1 Å². The number of carbonyl (C=O) groups excluding carboxylic acids is 1. The van der Waals surface area contributed by atoms with Gasteiger partial charge in [-0.05, 0) is 49.3 Å². The molecule has 1 aromatic rings. The van der Waals surface area contributed by atoms with Gasteiger partial charge < -0.3 is 16.0 Å². The van der Waals surface area contributed by atoms with Crippen molar-refractivity contribution >= 4 is 17.3 Å². The third-order valence-electron chi connectivity index (χ3n) is 4.22. The Balaban J connectivity index is 2.22. The summed E-state index contributed by atoms with van der Waals surface area (Å²) >= 11 is 0. The van der Waals surface area contributed by atoms with Gasteiger partial charge in [-0.2, -0.15) is 0 Å². The van der Waals surface area contributed by atoms with Gasteiger partial charge in [0.1, 0.15) is 0 Å². The third-order valence-corrected chi connectivity index (χ3v) is 4.22. The summed E-state index contributed by atoms with van der Waals surface area (Å²) in [6, 6.07) is 5.89. The molecule has 116 valence electrons. The number of anilines is 2. The first-order chi connectivity index (χ1) is 9.86. The lowest BCUT2D eigenvalue weighted by atomic mass is 9.80. The molecule has 1 amide bonds. The summed E-state index contributed by atoms with van der Waals surface area (Å²) < 4.78 is 0. The molecule has 0 aromatic heterocycles. The predicted molar refractivity (Wildman–Crippen MR) is 88.5 cm³/mol. The Morgan fingerprint density at radius 3 is 2.38 bits per heavy atom. The Labute approximate surface area is 127 Å². The molecule has 2 atom stereocenters. The maximum absolute atomic E-state index is 12.3. The molecule has 0 radical (unpaired) electrons. The second-order valence-corrected chi connectivity index (χ2v) is 6.76. The zero-order chi connectivity index (χ0) is 15.6. The average Bonchev–Trinajstić information content (AvgIpc) is 2.36. The van der Waals surface area contributed by atoms with E-state index in [-0.39, 0.29) is 5.91 Å². The van der Waals surface area contributed by atoms with E-state index < -0.39 is 0 Å². The summed E-state index contributed by atoms with van der Waals surface area (Å²) in [6.45, 7) is 4.60. The Hall–Kier alpha value is -1.71. The molecule has 0 saturated heterocycles. The minimum atomic E-state index is 0.00871. The van der Waals surface area contributed by atoms with E-state index in [9.17, 15) is 4.79 Å². The van der Waals surface area contributed by atoms with Crippen molar-refractivity contribution in [3.05, 3.63) is 23.8 Å². The molecule has 3 N–H and O–H groups in total. The topological polar surface area (TPSA) is 58.4 Å². The fourth-order valence-corrected chi connectivity index (χ4v) is 3.39. The third kappa shape index (κ3) is 3.90. The molecule has 4 heteroatoms. The highest BCUT2D eigenvalue weighted by Gasteiger charge is 2.25.